The van der Waals surface area contributed by atoms with Gasteiger partial charge in [-0.1, -0.05) is 49.0 Å². The molecule has 0 atom stereocenters. The first-order valence-corrected chi connectivity index (χ1v) is 12.0. The number of allylic oxidation sites excluding steroid dienone is 1. The average molecular weight is 528 g/mol. The standard InChI is InChI=1S/C25H28Cl2O4S2/c1-6-7-8-9-10-17(15-11-18(24(32)30-4)22(28-2)20(26)13-15)16-12-19(25(33)31-5)23(29-3)21(27)14-16/h10-14H,6-9H2,1-5H3. The van der Waals surface area contributed by atoms with Gasteiger partial charge in [-0.25, -0.2) is 0 Å². The quantitative estimate of drug-likeness (QED) is 0.233. The lowest BCUT2D eigenvalue weighted by molar-refractivity contribution is 0.397. The van der Waals surface area contributed by atoms with Crippen LogP contribution in [0.2, 0.25) is 10.0 Å². The maximum Gasteiger partial charge on any atom is 0.194 e. The van der Waals surface area contributed by atoms with Gasteiger partial charge in [0.15, 0.2) is 10.1 Å². The average Bonchev–Trinajstić information content (AvgIpc) is 2.81. The lowest BCUT2D eigenvalue weighted by Gasteiger charge is -2.18. The van der Waals surface area contributed by atoms with Crippen molar-refractivity contribution < 1.29 is 18.9 Å². The van der Waals surface area contributed by atoms with E-state index in [2.05, 4.69) is 13.0 Å². The molecule has 2 rings (SSSR count). The fourth-order valence-corrected chi connectivity index (χ4v) is 4.38. The normalized spacial score (nSPS) is 10.4. The number of unbranched alkanes of at least 4 members (excludes halogenated alkanes) is 3. The van der Waals surface area contributed by atoms with Crippen LogP contribution >= 0.6 is 47.6 Å². The molecule has 0 amide bonds. The molecule has 4 nitrogen and oxygen atoms in total. The van der Waals surface area contributed by atoms with E-state index in [0.717, 1.165) is 42.4 Å². The van der Waals surface area contributed by atoms with E-state index in [-0.39, 0.29) is 10.1 Å². The predicted molar refractivity (Wildman–Crippen MR) is 145 cm³/mol. The van der Waals surface area contributed by atoms with Crippen LogP contribution in [0.5, 0.6) is 11.5 Å². The SMILES string of the molecule is CCCCCC=C(c1cc(Cl)c(OC)c(C(=S)OC)c1)c1cc(Cl)c(OC)c(C(=S)OC)c1. The van der Waals surface area contributed by atoms with Crippen LogP contribution in [0.25, 0.3) is 5.57 Å². The molecule has 2 aromatic rings. The first-order chi connectivity index (χ1) is 15.8. The molecule has 0 aliphatic heterocycles. The van der Waals surface area contributed by atoms with Crippen molar-refractivity contribution >= 4 is 63.3 Å². The van der Waals surface area contributed by atoms with Gasteiger partial charge in [0.2, 0.25) is 0 Å². The third kappa shape index (κ3) is 6.60. The lowest BCUT2D eigenvalue weighted by atomic mass is 9.93. The van der Waals surface area contributed by atoms with Crippen molar-refractivity contribution in [3.8, 4) is 11.5 Å². The highest BCUT2D eigenvalue weighted by molar-refractivity contribution is 7.80. The molecular weight excluding hydrogens is 499 g/mol. The van der Waals surface area contributed by atoms with Crippen molar-refractivity contribution in [3.63, 3.8) is 0 Å². The van der Waals surface area contributed by atoms with Crippen LogP contribution < -0.4 is 9.47 Å². The summed E-state index contributed by atoms with van der Waals surface area (Å²) in [6, 6.07) is 7.52. The number of thiocarbonyl (C=S) groups is 2. The Balaban J connectivity index is 2.76. The highest BCUT2D eigenvalue weighted by atomic mass is 35.5. The molecule has 0 bridgehead atoms. The molecular formula is C25H28Cl2O4S2. The van der Waals surface area contributed by atoms with Gasteiger partial charge in [-0.3, -0.25) is 0 Å². The Bertz CT molecular complexity index is 976. The van der Waals surface area contributed by atoms with E-state index in [1.165, 1.54) is 14.2 Å². The van der Waals surface area contributed by atoms with Crippen LogP contribution in [0.15, 0.2) is 30.3 Å². The first-order valence-electron chi connectivity index (χ1n) is 10.4. The summed E-state index contributed by atoms with van der Waals surface area (Å²) in [5, 5.41) is 1.43. The van der Waals surface area contributed by atoms with Gasteiger partial charge in [0.05, 0.1) is 49.6 Å². The molecule has 0 aliphatic rings. The molecule has 8 heteroatoms. The predicted octanol–water partition coefficient (Wildman–Crippen LogP) is 7.67. The van der Waals surface area contributed by atoms with Gasteiger partial charge >= 0.3 is 0 Å². The fraction of sp³-hybridized carbons (Fsp3) is 0.360. The molecule has 0 saturated heterocycles. The van der Waals surface area contributed by atoms with Gasteiger partial charge in [-0.05, 0) is 78.2 Å². The third-order valence-corrected chi connectivity index (χ3v) is 6.42. The summed E-state index contributed by atoms with van der Waals surface area (Å²) in [5.41, 5.74) is 3.83. The Hall–Kier alpha value is -1.86. The molecule has 0 fully saturated rings. The number of rotatable bonds is 10. The smallest absolute Gasteiger partial charge is 0.194 e. The summed E-state index contributed by atoms with van der Waals surface area (Å²) >= 11 is 23.9. The van der Waals surface area contributed by atoms with Crippen LogP contribution in [0.1, 0.15) is 54.9 Å². The number of ether oxygens (including phenoxy) is 4. The highest BCUT2D eigenvalue weighted by Gasteiger charge is 2.20. The van der Waals surface area contributed by atoms with Gasteiger partial charge in [0, 0.05) is 0 Å². The second kappa shape index (κ2) is 13.1. The lowest BCUT2D eigenvalue weighted by Crippen LogP contribution is -2.06. The Morgan fingerprint density at radius 3 is 1.61 bits per heavy atom. The minimum Gasteiger partial charge on any atom is -0.494 e. The van der Waals surface area contributed by atoms with Crippen LogP contribution in [0, 0.1) is 0 Å². The molecule has 0 heterocycles. The van der Waals surface area contributed by atoms with Crippen LogP contribution in [0.3, 0.4) is 0 Å². The Morgan fingerprint density at radius 2 is 1.24 bits per heavy atom. The molecule has 178 valence electrons. The van der Waals surface area contributed by atoms with Crippen molar-refractivity contribution in [2.75, 3.05) is 28.4 Å². The third-order valence-electron chi connectivity index (χ3n) is 5.08. The second-order valence-electron chi connectivity index (χ2n) is 7.17. The summed E-state index contributed by atoms with van der Waals surface area (Å²) in [7, 11) is 6.13. The van der Waals surface area contributed by atoms with Crippen LogP contribution in [-0.2, 0) is 9.47 Å². The molecule has 0 saturated carbocycles. The number of halogens is 2. The number of hydrogen-bond donors (Lipinski definition) is 0. The van der Waals surface area contributed by atoms with E-state index in [0.29, 0.717) is 32.7 Å². The number of methoxy groups -OCH3 is 4. The summed E-state index contributed by atoms with van der Waals surface area (Å²) in [5.74, 6) is 0.929. The zero-order chi connectivity index (χ0) is 24.5. The van der Waals surface area contributed by atoms with Crippen molar-refractivity contribution in [1.82, 2.24) is 0 Å². The zero-order valence-corrected chi connectivity index (χ0v) is 22.6. The Kier molecular flexibility index (Phi) is 10.9. The zero-order valence-electron chi connectivity index (χ0n) is 19.4. The van der Waals surface area contributed by atoms with E-state index < -0.39 is 0 Å². The molecule has 0 aliphatic carbocycles. The van der Waals surface area contributed by atoms with Gasteiger partial charge in [0.25, 0.3) is 0 Å². The molecule has 0 aromatic heterocycles. The van der Waals surface area contributed by atoms with E-state index in [4.69, 9.17) is 66.6 Å². The van der Waals surface area contributed by atoms with E-state index >= 15 is 0 Å². The summed E-state index contributed by atoms with van der Waals surface area (Å²) < 4.78 is 21.6. The minimum absolute atomic E-state index is 0.287. The fourth-order valence-electron chi connectivity index (χ4n) is 3.48. The molecule has 0 radical (unpaired) electrons. The largest absolute Gasteiger partial charge is 0.494 e. The summed E-state index contributed by atoms with van der Waals surface area (Å²) in [6.45, 7) is 2.17. The topological polar surface area (TPSA) is 36.9 Å². The second-order valence-corrected chi connectivity index (χ2v) is 8.73. The highest BCUT2D eigenvalue weighted by Crippen LogP contribution is 2.39. The maximum atomic E-state index is 6.58. The van der Waals surface area contributed by atoms with Gasteiger partial charge < -0.3 is 18.9 Å². The minimum atomic E-state index is 0.287. The molecule has 0 spiro atoms. The van der Waals surface area contributed by atoms with Crippen molar-refractivity contribution in [2.24, 2.45) is 0 Å². The van der Waals surface area contributed by atoms with Crippen LogP contribution in [-0.4, -0.2) is 38.5 Å². The molecule has 0 N–H and O–H groups in total. The van der Waals surface area contributed by atoms with Crippen molar-refractivity contribution in [3.05, 3.63) is 62.6 Å². The first kappa shape index (κ1) is 27.4. The number of hydrogen-bond acceptors (Lipinski definition) is 6. The van der Waals surface area contributed by atoms with Gasteiger partial charge in [0.1, 0.15) is 11.5 Å². The Morgan fingerprint density at radius 1 is 0.788 bits per heavy atom. The number of benzene rings is 2. The monoisotopic (exact) mass is 526 g/mol. The van der Waals surface area contributed by atoms with Gasteiger partial charge in [-0.2, -0.15) is 0 Å². The van der Waals surface area contributed by atoms with E-state index in [1.807, 2.05) is 24.3 Å². The maximum absolute atomic E-state index is 6.58. The molecule has 0 unspecified atom stereocenters. The molecule has 2 aromatic carbocycles. The van der Waals surface area contributed by atoms with E-state index in [1.54, 1.807) is 14.2 Å². The van der Waals surface area contributed by atoms with E-state index in [9.17, 15) is 0 Å². The summed E-state index contributed by atoms with van der Waals surface area (Å²) in [4.78, 5) is 0. The van der Waals surface area contributed by atoms with Crippen molar-refractivity contribution in [2.45, 2.75) is 32.6 Å². The van der Waals surface area contributed by atoms with Crippen molar-refractivity contribution in [1.29, 1.82) is 0 Å². The van der Waals surface area contributed by atoms with Crippen LogP contribution in [0.4, 0.5) is 0 Å². The Labute approximate surface area is 216 Å². The molecule has 33 heavy (non-hydrogen) atoms. The van der Waals surface area contributed by atoms with Gasteiger partial charge in [-0.15, -0.1) is 0 Å². The summed E-state index contributed by atoms with van der Waals surface area (Å²) in [6.07, 6.45) is 6.37.